The number of aromatic carboxylic acids is 1. The largest absolute Gasteiger partial charge is 0.496 e. The molecule has 0 radical (unpaired) electrons. The van der Waals surface area contributed by atoms with Gasteiger partial charge in [0.05, 0.1) is 16.1 Å². The summed E-state index contributed by atoms with van der Waals surface area (Å²) in [6.45, 7) is 0. The molecule has 19 heavy (non-hydrogen) atoms. The van der Waals surface area contributed by atoms with Crippen LogP contribution in [0.25, 0.3) is 0 Å². The molecule has 0 unspecified atom stereocenters. The maximum Gasteiger partial charge on any atom is 0.371 e. The Morgan fingerprint density at radius 1 is 1.21 bits per heavy atom. The SMILES string of the molecule is COc1cc(Br)c(Oc2ccc(C(=O)O)o2)cc1Br. The molecule has 1 aromatic heterocycles. The van der Waals surface area contributed by atoms with E-state index in [4.69, 9.17) is 19.0 Å². The molecule has 0 aliphatic heterocycles. The first kappa shape index (κ1) is 14.0. The summed E-state index contributed by atoms with van der Waals surface area (Å²) in [6, 6.07) is 6.17. The van der Waals surface area contributed by atoms with Gasteiger partial charge in [0, 0.05) is 12.1 Å². The quantitative estimate of drug-likeness (QED) is 0.841. The van der Waals surface area contributed by atoms with Crippen molar-refractivity contribution in [1.82, 2.24) is 0 Å². The lowest BCUT2D eigenvalue weighted by Crippen LogP contribution is -1.92. The van der Waals surface area contributed by atoms with Crippen molar-refractivity contribution in [3.63, 3.8) is 0 Å². The molecule has 2 rings (SSSR count). The first-order valence-corrected chi connectivity index (χ1v) is 6.64. The molecule has 0 saturated carbocycles. The fourth-order valence-corrected chi connectivity index (χ4v) is 2.23. The van der Waals surface area contributed by atoms with Crippen molar-refractivity contribution >= 4 is 37.8 Å². The van der Waals surface area contributed by atoms with E-state index in [1.165, 1.54) is 12.1 Å². The Morgan fingerprint density at radius 2 is 1.84 bits per heavy atom. The standard InChI is InChI=1S/C12H8Br2O5/c1-17-9-4-7(14)10(5-6(9)13)19-11-3-2-8(18-11)12(15)16/h2-5H,1H3,(H,15,16). The molecule has 5 nitrogen and oxygen atoms in total. The third kappa shape index (κ3) is 3.10. The van der Waals surface area contributed by atoms with Crippen molar-refractivity contribution in [2.45, 2.75) is 0 Å². The highest BCUT2D eigenvalue weighted by Crippen LogP contribution is 2.38. The summed E-state index contributed by atoms with van der Waals surface area (Å²) >= 11 is 6.66. The Balaban J connectivity index is 2.27. The first-order chi connectivity index (χ1) is 9.01. The van der Waals surface area contributed by atoms with Crippen LogP contribution in [0.5, 0.6) is 17.4 Å². The number of hydrogen-bond acceptors (Lipinski definition) is 4. The second-order valence-corrected chi connectivity index (χ2v) is 5.15. The van der Waals surface area contributed by atoms with Gasteiger partial charge in [-0.2, -0.15) is 0 Å². The molecule has 2 aromatic rings. The molecule has 0 atom stereocenters. The van der Waals surface area contributed by atoms with Gasteiger partial charge >= 0.3 is 5.97 Å². The molecule has 100 valence electrons. The van der Waals surface area contributed by atoms with E-state index in [9.17, 15) is 4.79 Å². The predicted molar refractivity (Wildman–Crippen MR) is 74.1 cm³/mol. The molecule has 7 heteroatoms. The van der Waals surface area contributed by atoms with Gasteiger partial charge in [0.15, 0.2) is 0 Å². The molecule has 0 aliphatic rings. The Labute approximate surface area is 125 Å². The third-order valence-electron chi connectivity index (χ3n) is 2.21. The maximum absolute atomic E-state index is 10.7. The van der Waals surface area contributed by atoms with Crippen molar-refractivity contribution in [3.05, 3.63) is 39.0 Å². The van der Waals surface area contributed by atoms with Crippen molar-refractivity contribution < 1.29 is 23.8 Å². The molecule has 0 aliphatic carbocycles. The molecular weight excluding hydrogens is 384 g/mol. The van der Waals surface area contributed by atoms with E-state index < -0.39 is 5.97 Å². The Kier molecular flexibility index (Phi) is 4.16. The highest BCUT2D eigenvalue weighted by molar-refractivity contribution is 9.11. The highest BCUT2D eigenvalue weighted by Gasteiger charge is 2.13. The average Bonchev–Trinajstić information content (AvgIpc) is 2.82. The number of carboxylic acids is 1. The molecule has 1 heterocycles. The number of carbonyl (C=O) groups is 1. The minimum atomic E-state index is -1.15. The van der Waals surface area contributed by atoms with Crippen LogP contribution in [0.15, 0.2) is 37.6 Å². The summed E-state index contributed by atoms with van der Waals surface area (Å²) in [5.41, 5.74) is 0. The van der Waals surface area contributed by atoms with E-state index in [0.717, 1.165) is 0 Å². The summed E-state index contributed by atoms with van der Waals surface area (Å²) < 4.78 is 17.0. The molecule has 1 N–H and O–H groups in total. The van der Waals surface area contributed by atoms with E-state index >= 15 is 0 Å². The van der Waals surface area contributed by atoms with Crippen LogP contribution in [0.3, 0.4) is 0 Å². The lowest BCUT2D eigenvalue weighted by Gasteiger charge is -2.08. The molecule has 1 aromatic carbocycles. The monoisotopic (exact) mass is 390 g/mol. The minimum absolute atomic E-state index is 0.0927. The van der Waals surface area contributed by atoms with Crippen molar-refractivity contribution in [2.75, 3.05) is 7.11 Å². The van der Waals surface area contributed by atoms with Crippen LogP contribution in [-0.4, -0.2) is 18.2 Å². The van der Waals surface area contributed by atoms with Gasteiger partial charge in [-0.05, 0) is 44.0 Å². The smallest absolute Gasteiger partial charge is 0.371 e. The van der Waals surface area contributed by atoms with E-state index in [-0.39, 0.29) is 11.7 Å². The predicted octanol–water partition coefficient (Wildman–Crippen LogP) is 4.30. The minimum Gasteiger partial charge on any atom is -0.496 e. The van der Waals surface area contributed by atoms with Gasteiger partial charge in [-0.3, -0.25) is 0 Å². The van der Waals surface area contributed by atoms with Gasteiger partial charge in [0.1, 0.15) is 11.5 Å². The first-order valence-electron chi connectivity index (χ1n) is 5.05. The van der Waals surface area contributed by atoms with Gasteiger partial charge in [-0.15, -0.1) is 0 Å². The molecule has 0 bridgehead atoms. The molecular formula is C12H8Br2O5. The van der Waals surface area contributed by atoms with Gasteiger partial charge < -0.3 is 19.0 Å². The second-order valence-electron chi connectivity index (χ2n) is 3.44. The Morgan fingerprint density at radius 3 is 2.42 bits per heavy atom. The lowest BCUT2D eigenvalue weighted by atomic mass is 10.3. The normalized spacial score (nSPS) is 10.3. The molecule has 0 amide bonds. The van der Waals surface area contributed by atoms with Crippen LogP contribution in [0.1, 0.15) is 10.6 Å². The number of hydrogen-bond donors (Lipinski definition) is 1. The van der Waals surface area contributed by atoms with Gasteiger partial charge in [-0.25, -0.2) is 4.79 Å². The number of carboxylic acid groups (broad SMARTS) is 1. The number of methoxy groups -OCH3 is 1. The van der Waals surface area contributed by atoms with Crippen molar-refractivity contribution in [3.8, 4) is 17.4 Å². The van der Waals surface area contributed by atoms with Gasteiger partial charge in [0.25, 0.3) is 5.95 Å². The van der Waals surface area contributed by atoms with Crippen LogP contribution in [0, 0.1) is 0 Å². The fourth-order valence-electron chi connectivity index (χ4n) is 1.34. The number of furan rings is 1. The van der Waals surface area contributed by atoms with Crippen LogP contribution in [0.4, 0.5) is 0 Å². The van der Waals surface area contributed by atoms with Crippen LogP contribution in [0.2, 0.25) is 0 Å². The Bertz CT molecular complexity index is 621. The van der Waals surface area contributed by atoms with E-state index in [0.29, 0.717) is 20.4 Å². The van der Waals surface area contributed by atoms with E-state index in [2.05, 4.69) is 31.9 Å². The van der Waals surface area contributed by atoms with Crippen molar-refractivity contribution in [2.24, 2.45) is 0 Å². The van der Waals surface area contributed by atoms with Crippen LogP contribution in [-0.2, 0) is 0 Å². The molecule has 0 fully saturated rings. The van der Waals surface area contributed by atoms with Gasteiger partial charge in [0.2, 0.25) is 5.76 Å². The number of rotatable bonds is 4. The fraction of sp³-hybridized carbons (Fsp3) is 0.0833. The Hall–Kier alpha value is -1.47. The number of halogens is 2. The highest BCUT2D eigenvalue weighted by atomic mass is 79.9. The van der Waals surface area contributed by atoms with E-state index in [1.807, 2.05) is 0 Å². The summed E-state index contributed by atoms with van der Waals surface area (Å²) in [5.74, 6) is -0.123. The summed E-state index contributed by atoms with van der Waals surface area (Å²) in [7, 11) is 1.55. The van der Waals surface area contributed by atoms with E-state index in [1.54, 1.807) is 19.2 Å². The van der Waals surface area contributed by atoms with Crippen LogP contribution < -0.4 is 9.47 Å². The topological polar surface area (TPSA) is 68.9 Å². The summed E-state index contributed by atoms with van der Waals surface area (Å²) in [6.07, 6.45) is 0. The van der Waals surface area contributed by atoms with Crippen molar-refractivity contribution in [1.29, 1.82) is 0 Å². The summed E-state index contributed by atoms with van der Waals surface area (Å²) in [5, 5.41) is 8.75. The zero-order valence-electron chi connectivity index (χ0n) is 9.65. The average molecular weight is 392 g/mol. The molecule has 0 spiro atoms. The second kappa shape index (κ2) is 5.66. The number of ether oxygens (including phenoxy) is 2. The maximum atomic E-state index is 10.7. The number of benzene rings is 1. The van der Waals surface area contributed by atoms with Crippen LogP contribution >= 0.6 is 31.9 Å². The lowest BCUT2D eigenvalue weighted by molar-refractivity contribution is 0.0657. The third-order valence-corrected chi connectivity index (χ3v) is 3.45. The molecule has 0 saturated heterocycles. The zero-order chi connectivity index (χ0) is 14.0. The zero-order valence-corrected chi connectivity index (χ0v) is 12.8. The van der Waals surface area contributed by atoms with Gasteiger partial charge in [-0.1, -0.05) is 0 Å². The summed E-state index contributed by atoms with van der Waals surface area (Å²) in [4.78, 5) is 10.7.